The van der Waals surface area contributed by atoms with E-state index in [-0.39, 0.29) is 12.5 Å². The number of likely N-dealkylation sites (N-methyl/N-ethyl adjacent to an activating group) is 1. The number of ether oxygens (including phenoxy) is 2. The average Bonchev–Trinajstić information content (AvgIpc) is 2.45. The zero-order valence-electron chi connectivity index (χ0n) is 11.8. The summed E-state index contributed by atoms with van der Waals surface area (Å²) in [6.45, 7) is 3.72. The van der Waals surface area contributed by atoms with Crippen molar-refractivity contribution in [3.63, 3.8) is 0 Å². The van der Waals surface area contributed by atoms with Gasteiger partial charge in [0.15, 0.2) is 18.1 Å². The zero-order valence-corrected chi connectivity index (χ0v) is 11.8. The number of carbonyl (C=O) groups excluding carboxylic acids is 1. The summed E-state index contributed by atoms with van der Waals surface area (Å²) < 4.78 is 10.8. The topological polar surface area (TPSA) is 59.6 Å². The Morgan fingerprint density at radius 2 is 2.16 bits per heavy atom. The molecule has 0 aliphatic carbocycles. The van der Waals surface area contributed by atoms with Gasteiger partial charge in [-0.2, -0.15) is 0 Å². The monoisotopic (exact) mass is 266 g/mol. The molecule has 0 spiro atoms. The van der Waals surface area contributed by atoms with E-state index in [4.69, 9.17) is 9.47 Å². The van der Waals surface area contributed by atoms with E-state index in [0.29, 0.717) is 18.0 Å². The van der Waals surface area contributed by atoms with Crippen molar-refractivity contribution in [1.82, 2.24) is 10.6 Å². The number of nitrogens with one attached hydrogen (secondary N) is 2. The smallest absolute Gasteiger partial charge is 0.257 e. The predicted octanol–water partition coefficient (Wildman–Crippen LogP) is 1.32. The van der Waals surface area contributed by atoms with E-state index in [2.05, 4.69) is 17.6 Å². The molecule has 1 rings (SSSR count). The molecule has 106 valence electrons. The van der Waals surface area contributed by atoms with Crippen molar-refractivity contribution >= 4 is 5.91 Å². The number of benzene rings is 1. The summed E-state index contributed by atoms with van der Waals surface area (Å²) in [5.41, 5.74) is 0.983. The molecule has 1 amide bonds. The van der Waals surface area contributed by atoms with E-state index in [1.807, 2.05) is 18.2 Å². The van der Waals surface area contributed by atoms with E-state index in [0.717, 1.165) is 18.5 Å². The Labute approximate surface area is 114 Å². The second-order valence-corrected chi connectivity index (χ2v) is 4.09. The quantitative estimate of drug-likeness (QED) is 0.697. The molecular weight excluding hydrogens is 244 g/mol. The van der Waals surface area contributed by atoms with Gasteiger partial charge in [0.25, 0.3) is 5.91 Å². The summed E-state index contributed by atoms with van der Waals surface area (Å²) >= 11 is 0. The van der Waals surface area contributed by atoms with Crippen molar-refractivity contribution in [2.75, 3.05) is 27.3 Å². The standard InChI is InChI=1S/C14H22N2O3/c1-4-8-16-9-11-6-5-7-12(18-3)14(11)19-10-13(17)15-2/h5-7,16H,4,8-10H2,1-3H3,(H,15,17). The van der Waals surface area contributed by atoms with Crippen molar-refractivity contribution in [3.05, 3.63) is 23.8 Å². The fraction of sp³-hybridized carbons (Fsp3) is 0.500. The molecular formula is C14H22N2O3. The first-order chi connectivity index (χ1) is 9.22. The maximum atomic E-state index is 11.3. The van der Waals surface area contributed by atoms with Gasteiger partial charge < -0.3 is 20.1 Å². The normalized spacial score (nSPS) is 10.1. The highest BCUT2D eigenvalue weighted by molar-refractivity contribution is 5.77. The van der Waals surface area contributed by atoms with Crippen molar-refractivity contribution < 1.29 is 14.3 Å². The number of para-hydroxylation sites is 1. The van der Waals surface area contributed by atoms with Crippen molar-refractivity contribution in [1.29, 1.82) is 0 Å². The predicted molar refractivity (Wildman–Crippen MR) is 74.6 cm³/mol. The Bertz CT molecular complexity index is 408. The maximum Gasteiger partial charge on any atom is 0.257 e. The van der Waals surface area contributed by atoms with Crippen LogP contribution in [-0.2, 0) is 11.3 Å². The number of methoxy groups -OCH3 is 1. The van der Waals surface area contributed by atoms with Crippen LogP contribution in [0, 0.1) is 0 Å². The van der Waals surface area contributed by atoms with Crippen molar-refractivity contribution in [3.8, 4) is 11.5 Å². The van der Waals surface area contributed by atoms with Crippen molar-refractivity contribution in [2.24, 2.45) is 0 Å². The first kappa shape index (κ1) is 15.3. The summed E-state index contributed by atoms with van der Waals surface area (Å²) in [5, 5.41) is 5.83. The van der Waals surface area contributed by atoms with Gasteiger partial charge in [-0.3, -0.25) is 4.79 Å². The van der Waals surface area contributed by atoms with Crippen LogP contribution in [0.2, 0.25) is 0 Å². The molecule has 2 N–H and O–H groups in total. The average molecular weight is 266 g/mol. The molecule has 0 fully saturated rings. The number of carbonyl (C=O) groups is 1. The van der Waals surface area contributed by atoms with Crippen LogP contribution < -0.4 is 20.1 Å². The van der Waals surface area contributed by atoms with Crippen LogP contribution in [0.25, 0.3) is 0 Å². The molecule has 0 aromatic heterocycles. The number of hydrogen-bond acceptors (Lipinski definition) is 4. The fourth-order valence-corrected chi connectivity index (χ4v) is 1.63. The highest BCUT2D eigenvalue weighted by atomic mass is 16.5. The van der Waals surface area contributed by atoms with Gasteiger partial charge in [0.05, 0.1) is 7.11 Å². The number of hydrogen-bond donors (Lipinski definition) is 2. The van der Waals surface area contributed by atoms with Gasteiger partial charge in [0.1, 0.15) is 0 Å². The molecule has 1 aromatic rings. The zero-order chi connectivity index (χ0) is 14.1. The highest BCUT2D eigenvalue weighted by Crippen LogP contribution is 2.30. The van der Waals surface area contributed by atoms with E-state index >= 15 is 0 Å². The Morgan fingerprint density at radius 1 is 1.37 bits per heavy atom. The maximum absolute atomic E-state index is 11.3. The summed E-state index contributed by atoms with van der Waals surface area (Å²) in [7, 11) is 3.17. The van der Waals surface area contributed by atoms with Crippen LogP contribution in [0.3, 0.4) is 0 Å². The molecule has 5 heteroatoms. The van der Waals surface area contributed by atoms with Gasteiger partial charge in [-0.05, 0) is 19.0 Å². The SMILES string of the molecule is CCCNCc1cccc(OC)c1OCC(=O)NC. The van der Waals surface area contributed by atoms with Crippen LogP contribution in [0.15, 0.2) is 18.2 Å². The Morgan fingerprint density at radius 3 is 2.79 bits per heavy atom. The van der Waals surface area contributed by atoms with Gasteiger partial charge in [0, 0.05) is 19.2 Å². The minimum Gasteiger partial charge on any atom is -0.493 e. The van der Waals surface area contributed by atoms with Crippen LogP contribution in [0.1, 0.15) is 18.9 Å². The lowest BCUT2D eigenvalue weighted by Gasteiger charge is -2.15. The molecule has 5 nitrogen and oxygen atoms in total. The lowest BCUT2D eigenvalue weighted by atomic mass is 10.2. The van der Waals surface area contributed by atoms with E-state index < -0.39 is 0 Å². The molecule has 0 atom stereocenters. The van der Waals surface area contributed by atoms with Gasteiger partial charge >= 0.3 is 0 Å². The third-order valence-electron chi connectivity index (χ3n) is 2.65. The van der Waals surface area contributed by atoms with Crippen LogP contribution in [-0.4, -0.2) is 33.2 Å². The number of amides is 1. The van der Waals surface area contributed by atoms with Gasteiger partial charge in [-0.1, -0.05) is 19.1 Å². The number of rotatable bonds is 8. The Hall–Kier alpha value is -1.75. The summed E-state index contributed by atoms with van der Waals surface area (Å²) in [5.74, 6) is 1.09. The molecule has 0 aliphatic heterocycles. The molecule has 1 aromatic carbocycles. The second-order valence-electron chi connectivity index (χ2n) is 4.09. The molecule has 0 bridgehead atoms. The Balaban J connectivity index is 2.80. The second kappa shape index (κ2) is 8.37. The fourth-order valence-electron chi connectivity index (χ4n) is 1.63. The third-order valence-corrected chi connectivity index (χ3v) is 2.65. The molecule has 0 heterocycles. The molecule has 0 aliphatic rings. The molecule has 0 radical (unpaired) electrons. The van der Waals surface area contributed by atoms with Gasteiger partial charge in [0.2, 0.25) is 0 Å². The van der Waals surface area contributed by atoms with Crippen molar-refractivity contribution in [2.45, 2.75) is 19.9 Å². The molecule has 0 saturated carbocycles. The molecule has 19 heavy (non-hydrogen) atoms. The minimum absolute atomic E-state index is 0.0162. The molecule has 0 saturated heterocycles. The Kier molecular flexibility index (Phi) is 6.74. The van der Waals surface area contributed by atoms with Crippen LogP contribution >= 0.6 is 0 Å². The highest BCUT2D eigenvalue weighted by Gasteiger charge is 2.11. The van der Waals surface area contributed by atoms with Gasteiger partial charge in [-0.25, -0.2) is 0 Å². The minimum atomic E-state index is -0.168. The van der Waals surface area contributed by atoms with E-state index in [1.165, 1.54) is 0 Å². The van der Waals surface area contributed by atoms with E-state index in [9.17, 15) is 4.79 Å². The van der Waals surface area contributed by atoms with Gasteiger partial charge in [-0.15, -0.1) is 0 Å². The summed E-state index contributed by atoms with van der Waals surface area (Å²) in [4.78, 5) is 11.3. The lowest BCUT2D eigenvalue weighted by molar-refractivity contribution is -0.122. The first-order valence-corrected chi connectivity index (χ1v) is 6.42. The molecule has 0 unspecified atom stereocenters. The summed E-state index contributed by atoms with van der Waals surface area (Å²) in [6.07, 6.45) is 1.07. The lowest BCUT2D eigenvalue weighted by Crippen LogP contribution is -2.25. The van der Waals surface area contributed by atoms with E-state index in [1.54, 1.807) is 14.2 Å². The first-order valence-electron chi connectivity index (χ1n) is 6.42. The van der Waals surface area contributed by atoms with Crippen LogP contribution in [0.5, 0.6) is 11.5 Å². The largest absolute Gasteiger partial charge is 0.493 e. The van der Waals surface area contributed by atoms with Crippen LogP contribution in [0.4, 0.5) is 0 Å². The summed E-state index contributed by atoms with van der Waals surface area (Å²) in [6, 6.07) is 5.70. The third kappa shape index (κ3) is 4.79.